The smallest absolute Gasteiger partial charge is 0.162 e. The molecule has 2 N–H and O–H groups in total. The van der Waals surface area contributed by atoms with Gasteiger partial charge in [0, 0.05) is 36.6 Å². The highest BCUT2D eigenvalue weighted by atomic mass is 32.2. The number of benzene rings is 1. The van der Waals surface area contributed by atoms with Gasteiger partial charge in [0.25, 0.3) is 0 Å². The van der Waals surface area contributed by atoms with E-state index in [0.717, 1.165) is 42.7 Å². The number of aromatic nitrogens is 2. The Morgan fingerprint density at radius 2 is 1.76 bits per heavy atom. The molecular formula is C17H25N5O2S. The second-order valence-electron chi connectivity index (χ2n) is 6.61. The minimum atomic E-state index is -1.93. The normalized spacial score (nSPS) is 16.2. The van der Waals surface area contributed by atoms with Crippen LogP contribution in [0.3, 0.4) is 0 Å². The van der Waals surface area contributed by atoms with E-state index >= 15 is 0 Å². The molecule has 0 unspecified atom stereocenters. The Kier molecular flexibility index (Phi) is 4.99. The number of fused-ring (bicyclic) bond motifs is 1. The summed E-state index contributed by atoms with van der Waals surface area (Å²) in [6.07, 6.45) is 5.33. The number of hydrogen-bond donors (Lipinski definition) is 2. The van der Waals surface area contributed by atoms with Crippen molar-refractivity contribution in [2.24, 2.45) is 5.92 Å². The molecule has 1 aromatic heterocycles. The van der Waals surface area contributed by atoms with Crippen LogP contribution in [0.1, 0.15) is 12.8 Å². The van der Waals surface area contributed by atoms with Gasteiger partial charge in [0.15, 0.2) is 11.5 Å². The molecule has 0 radical (unpaired) electrons. The van der Waals surface area contributed by atoms with Gasteiger partial charge in [-0.05, 0) is 24.8 Å². The Labute approximate surface area is 148 Å². The first-order valence-corrected chi connectivity index (χ1v) is 10.5. The number of piperidine rings is 1. The van der Waals surface area contributed by atoms with Crippen LogP contribution in [0.4, 0.5) is 5.82 Å². The van der Waals surface area contributed by atoms with Gasteiger partial charge in [-0.15, -0.1) is 0 Å². The number of ether oxygens (including phenoxy) is 2. The molecule has 0 atom stereocenters. The zero-order valence-corrected chi connectivity index (χ0v) is 15.7. The van der Waals surface area contributed by atoms with Crippen molar-refractivity contribution in [1.29, 1.82) is 9.56 Å². The van der Waals surface area contributed by atoms with Gasteiger partial charge in [0.2, 0.25) is 0 Å². The van der Waals surface area contributed by atoms with Crippen LogP contribution >= 0.6 is 0 Å². The lowest BCUT2D eigenvalue weighted by Gasteiger charge is -2.33. The van der Waals surface area contributed by atoms with Gasteiger partial charge in [0.05, 0.1) is 19.7 Å². The third-order valence-electron chi connectivity index (χ3n) is 4.60. The molecule has 25 heavy (non-hydrogen) atoms. The van der Waals surface area contributed by atoms with Crippen LogP contribution in [0.5, 0.6) is 11.5 Å². The van der Waals surface area contributed by atoms with Crippen molar-refractivity contribution in [2.75, 3.05) is 44.2 Å². The highest BCUT2D eigenvalue weighted by Gasteiger charge is 2.23. The van der Waals surface area contributed by atoms with Gasteiger partial charge < -0.3 is 14.4 Å². The maximum Gasteiger partial charge on any atom is 0.162 e. The lowest BCUT2D eigenvalue weighted by molar-refractivity contribution is 0.355. The quantitative estimate of drug-likeness (QED) is 0.851. The van der Waals surface area contributed by atoms with E-state index in [9.17, 15) is 0 Å². The fourth-order valence-electron chi connectivity index (χ4n) is 3.40. The lowest BCUT2D eigenvalue weighted by atomic mass is 9.98. The molecule has 1 saturated heterocycles. The van der Waals surface area contributed by atoms with Crippen LogP contribution in [0.2, 0.25) is 0 Å². The van der Waals surface area contributed by atoms with Crippen molar-refractivity contribution in [2.45, 2.75) is 12.8 Å². The second-order valence-corrected chi connectivity index (χ2v) is 9.12. The van der Waals surface area contributed by atoms with E-state index in [-0.39, 0.29) is 0 Å². The summed E-state index contributed by atoms with van der Waals surface area (Å²) in [5.74, 6) is 3.41. The molecule has 0 spiro atoms. The lowest BCUT2D eigenvalue weighted by Crippen LogP contribution is -2.36. The standard InChI is InChI=1S/C17H25N5O2S/c1-23-15-8-13-14(9-16(15)24-2)20-11-21-17(13)22-6-4-12(5-7-22)10-25(3,18)19/h8-9,11-12,18-19H,4-7,10H2,1-3H3. The minimum Gasteiger partial charge on any atom is -0.493 e. The molecule has 0 saturated carbocycles. The van der Waals surface area contributed by atoms with E-state index in [1.807, 2.05) is 12.1 Å². The molecule has 3 rings (SSSR count). The van der Waals surface area contributed by atoms with E-state index in [2.05, 4.69) is 14.9 Å². The third kappa shape index (κ3) is 3.95. The second kappa shape index (κ2) is 7.03. The Morgan fingerprint density at radius 1 is 1.12 bits per heavy atom. The molecule has 2 aromatic rings. The summed E-state index contributed by atoms with van der Waals surface area (Å²) in [5, 5.41) is 0.954. The summed E-state index contributed by atoms with van der Waals surface area (Å²) in [7, 11) is 1.31. The summed E-state index contributed by atoms with van der Waals surface area (Å²) in [6, 6.07) is 3.81. The Morgan fingerprint density at radius 3 is 2.36 bits per heavy atom. The molecule has 1 aliphatic heterocycles. The van der Waals surface area contributed by atoms with Crippen LogP contribution in [0, 0.1) is 15.5 Å². The van der Waals surface area contributed by atoms with Gasteiger partial charge in [-0.1, -0.05) is 9.62 Å². The molecule has 136 valence electrons. The van der Waals surface area contributed by atoms with Crippen molar-refractivity contribution < 1.29 is 9.47 Å². The Hall–Kier alpha value is -2.09. The molecule has 0 bridgehead atoms. The van der Waals surface area contributed by atoms with E-state index < -0.39 is 9.62 Å². The van der Waals surface area contributed by atoms with Crippen molar-refractivity contribution in [3.8, 4) is 11.5 Å². The minimum absolute atomic E-state index is 0.467. The molecule has 1 aliphatic rings. The van der Waals surface area contributed by atoms with Gasteiger partial charge in [-0.25, -0.2) is 9.97 Å². The number of nitrogens with one attached hydrogen (secondary N) is 2. The predicted octanol–water partition coefficient (Wildman–Crippen LogP) is 3.17. The number of anilines is 1. The Balaban J connectivity index is 1.87. The van der Waals surface area contributed by atoms with Crippen molar-refractivity contribution in [1.82, 2.24) is 9.97 Å². The highest BCUT2D eigenvalue weighted by molar-refractivity contribution is 7.92. The van der Waals surface area contributed by atoms with Gasteiger partial charge in [-0.2, -0.15) is 0 Å². The number of hydrogen-bond acceptors (Lipinski definition) is 7. The van der Waals surface area contributed by atoms with Crippen LogP contribution in [0.15, 0.2) is 18.5 Å². The van der Waals surface area contributed by atoms with E-state index in [4.69, 9.17) is 19.0 Å². The van der Waals surface area contributed by atoms with E-state index in [1.54, 1.807) is 26.8 Å². The first-order chi connectivity index (χ1) is 11.9. The summed E-state index contributed by atoms with van der Waals surface area (Å²) in [6.45, 7) is 1.78. The van der Waals surface area contributed by atoms with Crippen LogP contribution in [0.25, 0.3) is 10.9 Å². The first kappa shape index (κ1) is 17.7. The zero-order valence-electron chi connectivity index (χ0n) is 14.9. The highest BCUT2D eigenvalue weighted by Crippen LogP contribution is 2.35. The van der Waals surface area contributed by atoms with Crippen LogP contribution in [-0.2, 0) is 9.62 Å². The van der Waals surface area contributed by atoms with Crippen LogP contribution in [-0.4, -0.2) is 49.3 Å². The summed E-state index contributed by atoms with van der Waals surface area (Å²) >= 11 is 0. The van der Waals surface area contributed by atoms with E-state index in [1.165, 1.54) is 0 Å². The molecule has 1 aromatic carbocycles. The average Bonchev–Trinajstić information content (AvgIpc) is 2.59. The largest absolute Gasteiger partial charge is 0.493 e. The van der Waals surface area contributed by atoms with Crippen molar-refractivity contribution in [3.63, 3.8) is 0 Å². The van der Waals surface area contributed by atoms with Gasteiger partial charge in [0.1, 0.15) is 12.1 Å². The number of nitrogens with zero attached hydrogens (tertiary/aromatic N) is 3. The summed E-state index contributed by atoms with van der Waals surface area (Å²) in [5.41, 5.74) is 0.833. The SMILES string of the molecule is COc1cc2ncnc(N3CCC(CS(C)(=N)=N)CC3)c2cc1OC. The molecule has 0 aliphatic carbocycles. The van der Waals surface area contributed by atoms with Crippen LogP contribution < -0.4 is 14.4 Å². The summed E-state index contributed by atoms with van der Waals surface area (Å²) < 4.78 is 26.5. The van der Waals surface area contributed by atoms with Crippen molar-refractivity contribution >= 4 is 26.3 Å². The third-order valence-corrected chi connectivity index (χ3v) is 5.74. The predicted molar refractivity (Wildman–Crippen MR) is 101 cm³/mol. The van der Waals surface area contributed by atoms with Gasteiger partial charge >= 0.3 is 0 Å². The number of methoxy groups -OCH3 is 2. The topological polar surface area (TPSA) is 95.2 Å². The molecule has 1 fully saturated rings. The fraction of sp³-hybridized carbons (Fsp3) is 0.529. The zero-order chi connectivity index (χ0) is 18.0. The summed E-state index contributed by atoms with van der Waals surface area (Å²) in [4.78, 5) is 11.1. The molecule has 2 heterocycles. The molecule has 7 nitrogen and oxygen atoms in total. The van der Waals surface area contributed by atoms with Gasteiger partial charge in [-0.3, -0.25) is 9.56 Å². The fourth-order valence-corrected chi connectivity index (χ4v) is 4.68. The van der Waals surface area contributed by atoms with Crippen molar-refractivity contribution in [3.05, 3.63) is 18.5 Å². The maximum absolute atomic E-state index is 7.86. The monoisotopic (exact) mass is 363 g/mol. The van der Waals surface area contributed by atoms with E-state index in [0.29, 0.717) is 23.2 Å². The molecule has 0 amide bonds. The first-order valence-electron chi connectivity index (χ1n) is 8.28. The molecular weight excluding hydrogens is 338 g/mol. The molecule has 8 heteroatoms. The maximum atomic E-state index is 7.86. The average molecular weight is 363 g/mol. The number of rotatable bonds is 5. The Bertz CT molecular complexity index is 861.